The Hall–Kier alpha value is -1.41. The zero-order chi connectivity index (χ0) is 13.8. The predicted octanol–water partition coefficient (Wildman–Crippen LogP) is -0.729. The van der Waals surface area contributed by atoms with Gasteiger partial charge in [0.1, 0.15) is 13.0 Å². The number of nitrogen functional groups attached to an aromatic ring is 1. The molecule has 10 heteroatoms. The Bertz CT molecular complexity index is 498. The maximum atomic E-state index is 11.0. The van der Waals surface area contributed by atoms with Crippen LogP contribution in [0.4, 0.5) is 5.95 Å². The summed E-state index contributed by atoms with van der Waals surface area (Å²) in [5.41, 5.74) is 4.84. The first-order valence-electron chi connectivity index (χ1n) is 4.92. The Kier molecular flexibility index (Phi) is 4.85. The van der Waals surface area contributed by atoms with Crippen molar-refractivity contribution in [3.63, 3.8) is 0 Å². The first kappa shape index (κ1) is 14.7. The summed E-state index contributed by atoms with van der Waals surface area (Å²) >= 11 is 0. The van der Waals surface area contributed by atoms with Crippen molar-refractivity contribution < 1.29 is 23.8 Å². The molecule has 0 bridgehead atoms. The number of hydrogen-bond donors (Lipinski definition) is 4. The largest absolute Gasteiger partial charge is 0.475 e. The third kappa shape index (κ3) is 5.78. The summed E-state index contributed by atoms with van der Waals surface area (Å²) in [7, 11) is -4.20. The maximum absolute atomic E-state index is 11.0. The van der Waals surface area contributed by atoms with E-state index in [-0.39, 0.29) is 18.4 Å². The van der Waals surface area contributed by atoms with Crippen LogP contribution in [0.1, 0.15) is 6.92 Å². The molecule has 0 saturated carbocycles. The summed E-state index contributed by atoms with van der Waals surface area (Å²) < 4.78 is 20.5. The molecule has 0 amide bonds. The fourth-order valence-electron chi connectivity index (χ4n) is 1.00. The van der Waals surface area contributed by atoms with Gasteiger partial charge in [-0.15, -0.1) is 0 Å². The van der Waals surface area contributed by atoms with Crippen LogP contribution in [0, 0.1) is 0 Å². The Morgan fingerprint density at radius 3 is 2.83 bits per heavy atom. The van der Waals surface area contributed by atoms with Crippen molar-refractivity contribution in [2.45, 2.75) is 13.0 Å². The molecule has 1 rings (SSSR count). The molecule has 0 aliphatic carbocycles. The minimum Gasteiger partial charge on any atom is -0.475 e. The van der Waals surface area contributed by atoms with E-state index in [0.29, 0.717) is 0 Å². The van der Waals surface area contributed by atoms with Gasteiger partial charge in [0.2, 0.25) is 11.8 Å². The van der Waals surface area contributed by atoms with Gasteiger partial charge in [0.05, 0.1) is 12.2 Å². The van der Waals surface area contributed by atoms with Gasteiger partial charge < -0.3 is 25.0 Å². The Morgan fingerprint density at radius 2 is 2.28 bits per heavy atom. The van der Waals surface area contributed by atoms with Crippen LogP contribution in [-0.2, 0) is 9.30 Å². The van der Waals surface area contributed by atoms with E-state index in [1.807, 2.05) is 0 Å². The van der Waals surface area contributed by atoms with E-state index in [4.69, 9.17) is 25.0 Å². The van der Waals surface area contributed by atoms with E-state index >= 15 is 0 Å². The molecular weight excluding hydrogens is 265 g/mol. The number of aromatic nitrogens is 2. The number of aromatic amines is 1. The molecule has 102 valence electrons. The fourth-order valence-corrected chi connectivity index (χ4v) is 1.45. The second-order valence-electron chi connectivity index (χ2n) is 3.55. The van der Waals surface area contributed by atoms with Crippen LogP contribution in [0.25, 0.3) is 0 Å². The molecule has 9 nitrogen and oxygen atoms in total. The highest BCUT2D eigenvalue weighted by molar-refractivity contribution is 7.51. The molecule has 0 radical (unpaired) electrons. The highest BCUT2D eigenvalue weighted by Gasteiger charge is 2.15. The average molecular weight is 279 g/mol. The number of anilines is 1. The summed E-state index contributed by atoms with van der Waals surface area (Å²) in [6.45, 7) is 1.54. The molecule has 1 aromatic rings. The zero-order valence-corrected chi connectivity index (χ0v) is 10.5. The van der Waals surface area contributed by atoms with Crippen molar-refractivity contribution in [1.29, 1.82) is 0 Å². The highest BCUT2D eigenvalue weighted by Crippen LogP contribution is 2.34. The molecule has 1 aromatic heterocycles. The minimum absolute atomic E-state index is 0.0166. The lowest BCUT2D eigenvalue weighted by molar-refractivity contribution is 0.0493. The second kappa shape index (κ2) is 5.96. The topological polar surface area (TPSA) is 148 Å². The van der Waals surface area contributed by atoms with Crippen molar-refractivity contribution in [2.75, 3.05) is 18.7 Å². The number of rotatable bonds is 6. The smallest absolute Gasteiger partial charge is 0.350 e. The van der Waals surface area contributed by atoms with E-state index in [1.54, 1.807) is 6.92 Å². The van der Waals surface area contributed by atoms with E-state index in [0.717, 1.165) is 6.07 Å². The van der Waals surface area contributed by atoms with Gasteiger partial charge in [0, 0.05) is 0 Å². The number of nitrogens with zero attached hydrogens (tertiary/aromatic N) is 1. The Balaban J connectivity index is 2.45. The minimum atomic E-state index is -4.20. The molecule has 0 saturated heterocycles. The summed E-state index contributed by atoms with van der Waals surface area (Å²) in [6.07, 6.45) is -1.26. The van der Waals surface area contributed by atoms with Crippen molar-refractivity contribution in [3.05, 3.63) is 16.4 Å². The van der Waals surface area contributed by atoms with Crippen LogP contribution >= 0.6 is 7.60 Å². The highest BCUT2D eigenvalue weighted by atomic mass is 31.2. The zero-order valence-electron chi connectivity index (χ0n) is 9.57. The standard InChI is InChI=1S/C8H14N3O6P/c1-5(17-4-18(13,14)15)3-16-7-2-6(12)10-8(9)11-7/h2,5H,3-4H2,1H3,(H2,13,14,15)(H3,9,10,11,12). The SMILES string of the molecule is CC(COc1cc(=O)[nH]c(N)n1)OCP(=O)(O)O. The summed E-state index contributed by atoms with van der Waals surface area (Å²) in [5, 5.41) is 0. The molecule has 0 spiro atoms. The Labute approximate surface area is 102 Å². The van der Waals surface area contributed by atoms with E-state index in [9.17, 15) is 9.36 Å². The number of ether oxygens (including phenoxy) is 2. The molecule has 5 N–H and O–H groups in total. The molecule has 18 heavy (non-hydrogen) atoms. The maximum Gasteiger partial charge on any atom is 0.350 e. The number of nitrogens with two attached hydrogens (primary N) is 1. The monoisotopic (exact) mass is 279 g/mol. The van der Waals surface area contributed by atoms with Crippen molar-refractivity contribution in [2.24, 2.45) is 0 Å². The normalized spacial score (nSPS) is 13.3. The molecule has 0 fully saturated rings. The van der Waals surface area contributed by atoms with Gasteiger partial charge in [-0.2, -0.15) is 4.98 Å². The first-order chi connectivity index (χ1) is 8.26. The number of nitrogens with one attached hydrogen (secondary N) is 1. The van der Waals surface area contributed by atoms with Crippen LogP contribution in [0.2, 0.25) is 0 Å². The van der Waals surface area contributed by atoms with Crippen LogP contribution in [0.15, 0.2) is 10.9 Å². The molecule has 0 aliphatic heterocycles. The lowest BCUT2D eigenvalue weighted by Gasteiger charge is -2.14. The van der Waals surface area contributed by atoms with Crippen LogP contribution < -0.4 is 16.0 Å². The lowest BCUT2D eigenvalue weighted by atomic mass is 10.4. The fraction of sp³-hybridized carbons (Fsp3) is 0.500. The van der Waals surface area contributed by atoms with E-state index in [2.05, 4.69) is 9.97 Å². The molecule has 0 aromatic carbocycles. The molecule has 1 unspecified atom stereocenters. The van der Waals surface area contributed by atoms with E-state index in [1.165, 1.54) is 0 Å². The number of H-pyrrole nitrogens is 1. The molecule has 0 aliphatic rings. The predicted molar refractivity (Wildman–Crippen MR) is 62.2 cm³/mol. The average Bonchev–Trinajstić information content (AvgIpc) is 2.21. The lowest BCUT2D eigenvalue weighted by Crippen LogP contribution is -2.20. The summed E-state index contributed by atoms with van der Waals surface area (Å²) in [6, 6.07) is 1.10. The van der Waals surface area contributed by atoms with Gasteiger partial charge in [-0.05, 0) is 6.92 Å². The summed E-state index contributed by atoms with van der Waals surface area (Å²) in [5.74, 6) is -0.0656. The van der Waals surface area contributed by atoms with Gasteiger partial charge in [0.25, 0.3) is 5.56 Å². The Morgan fingerprint density at radius 1 is 1.61 bits per heavy atom. The third-order valence-electron chi connectivity index (χ3n) is 1.73. The van der Waals surface area contributed by atoms with Crippen molar-refractivity contribution in [1.82, 2.24) is 9.97 Å². The first-order valence-corrected chi connectivity index (χ1v) is 6.72. The van der Waals surface area contributed by atoms with Gasteiger partial charge >= 0.3 is 7.60 Å². The summed E-state index contributed by atoms with van der Waals surface area (Å²) in [4.78, 5) is 34.2. The van der Waals surface area contributed by atoms with E-state index < -0.39 is 25.6 Å². The van der Waals surface area contributed by atoms with Crippen molar-refractivity contribution in [3.8, 4) is 5.88 Å². The quantitative estimate of drug-likeness (QED) is 0.498. The van der Waals surface area contributed by atoms with Gasteiger partial charge in [-0.3, -0.25) is 14.3 Å². The van der Waals surface area contributed by atoms with Crippen LogP contribution in [-0.4, -0.2) is 38.8 Å². The second-order valence-corrected chi connectivity index (χ2v) is 5.14. The van der Waals surface area contributed by atoms with Gasteiger partial charge in [-0.25, -0.2) is 0 Å². The third-order valence-corrected chi connectivity index (χ3v) is 2.22. The van der Waals surface area contributed by atoms with Crippen molar-refractivity contribution >= 4 is 13.5 Å². The molecular formula is C8H14N3O6P. The van der Waals surface area contributed by atoms with Gasteiger partial charge in [0.15, 0.2) is 0 Å². The van der Waals surface area contributed by atoms with Crippen LogP contribution in [0.3, 0.4) is 0 Å². The molecule has 1 atom stereocenters. The van der Waals surface area contributed by atoms with Crippen LogP contribution in [0.5, 0.6) is 5.88 Å². The number of hydrogen-bond acceptors (Lipinski definition) is 6. The molecule has 1 heterocycles. The van der Waals surface area contributed by atoms with Gasteiger partial charge in [-0.1, -0.05) is 0 Å².